The van der Waals surface area contributed by atoms with Gasteiger partial charge in [0.1, 0.15) is 11.5 Å². The molecule has 1 fully saturated rings. The minimum absolute atomic E-state index is 0.0858. The van der Waals surface area contributed by atoms with Crippen molar-refractivity contribution >= 4 is 5.91 Å². The third kappa shape index (κ3) is 2.11. The summed E-state index contributed by atoms with van der Waals surface area (Å²) in [5.41, 5.74) is 0.701. The van der Waals surface area contributed by atoms with E-state index in [2.05, 4.69) is 12.2 Å². The van der Waals surface area contributed by atoms with Crippen LogP contribution in [0.4, 0.5) is 0 Å². The Balaban J connectivity index is 2.15. The second-order valence-electron chi connectivity index (χ2n) is 4.43. The number of carbonyl (C=O) groups excluding carboxylic acids is 1. The van der Waals surface area contributed by atoms with Crippen LogP contribution in [-0.4, -0.2) is 36.5 Å². The number of aryl methyl sites for hydroxylation is 2. The highest BCUT2D eigenvalue weighted by Crippen LogP contribution is 2.16. The molecule has 4 nitrogen and oxygen atoms in total. The molecule has 16 heavy (non-hydrogen) atoms. The van der Waals surface area contributed by atoms with E-state index in [9.17, 15) is 4.79 Å². The van der Waals surface area contributed by atoms with E-state index in [0.29, 0.717) is 17.4 Å². The minimum Gasteiger partial charge on any atom is -0.466 e. The van der Waals surface area contributed by atoms with Crippen LogP contribution in [0.1, 0.15) is 28.8 Å². The first kappa shape index (κ1) is 11.2. The third-order valence-electron chi connectivity index (χ3n) is 2.93. The highest BCUT2D eigenvalue weighted by atomic mass is 16.3. The van der Waals surface area contributed by atoms with Crippen molar-refractivity contribution in [1.82, 2.24) is 10.2 Å². The Kier molecular flexibility index (Phi) is 3.01. The molecule has 1 saturated heterocycles. The molecule has 1 aliphatic heterocycles. The Morgan fingerprint density at radius 2 is 2.31 bits per heavy atom. The van der Waals surface area contributed by atoms with Gasteiger partial charge in [0.15, 0.2) is 0 Å². The molecule has 2 heterocycles. The smallest absolute Gasteiger partial charge is 0.257 e. The highest BCUT2D eigenvalue weighted by molar-refractivity contribution is 5.95. The van der Waals surface area contributed by atoms with Crippen molar-refractivity contribution in [3.63, 3.8) is 0 Å². The Morgan fingerprint density at radius 3 is 2.88 bits per heavy atom. The van der Waals surface area contributed by atoms with Crippen LogP contribution in [0.5, 0.6) is 0 Å². The van der Waals surface area contributed by atoms with Gasteiger partial charge in [0, 0.05) is 25.7 Å². The van der Waals surface area contributed by atoms with E-state index < -0.39 is 0 Å². The fourth-order valence-corrected chi connectivity index (χ4v) is 2.13. The summed E-state index contributed by atoms with van der Waals surface area (Å²) in [4.78, 5) is 14.1. The normalized spacial score (nSPS) is 21.2. The van der Waals surface area contributed by atoms with E-state index in [1.807, 2.05) is 24.8 Å². The first-order valence-electron chi connectivity index (χ1n) is 5.67. The first-order valence-corrected chi connectivity index (χ1v) is 5.67. The van der Waals surface area contributed by atoms with Gasteiger partial charge in [-0.1, -0.05) is 0 Å². The van der Waals surface area contributed by atoms with Crippen molar-refractivity contribution in [2.75, 3.05) is 19.6 Å². The van der Waals surface area contributed by atoms with Crippen LogP contribution in [0, 0.1) is 13.8 Å². The summed E-state index contributed by atoms with van der Waals surface area (Å²) < 4.78 is 5.39. The Labute approximate surface area is 95.6 Å². The van der Waals surface area contributed by atoms with Crippen LogP contribution in [0.15, 0.2) is 10.5 Å². The molecule has 1 N–H and O–H groups in total. The fraction of sp³-hybridized carbons (Fsp3) is 0.583. The van der Waals surface area contributed by atoms with Gasteiger partial charge in [-0.05, 0) is 26.8 Å². The van der Waals surface area contributed by atoms with Crippen molar-refractivity contribution < 1.29 is 9.21 Å². The van der Waals surface area contributed by atoms with Crippen LogP contribution in [0.25, 0.3) is 0 Å². The highest BCUT2D eigenvalue weighted by Gasteiger charge is 2.24. The molecule has 0 bridgehead atoms. The van der Waals surface area contributed by atoms with Gasteiger partial charge in [0.2, 0.25) is 0 Å². The molecule has 0 aliphatic carbocycles. The summed E-state index contributed by atoms with van der Waals surface area (Å²) in [6.45, 7) is 8.20. The number of rotatable bonds is 1. The van der Waals surface area contributed by atoms with Crippen molar-refractivity contribution in [3.05, 3.63) is 23.2 Å². The van der Waals surface area contributed by atoms with Crippen LogP contribution >= 0.6 is 0 Å². The molecule has 1 atom stereocenters. The summed E-state index contributed by atoms with van der Waals surface area (Å²) in [6, 6.07) is 2.19. The van der Waals surface area contributed by atoms with E-state index in [0.717, 1.165) is 25.4 Å². The molecule has 2 rings (SSSR count). The van der Waals surface area contributed by atoms with E-state index >= 15 is 0 Å². The monoisotopic (exact) mass is 222 g/mol. The summed E-state index contributed by atoms with van der Waals surface area (Å²) in [5, 5.41) is 3.32. The number of hydrogen-bond acceptors (Lipinski definition) is 3. The molecule has 0 spiro atoms. The first-order chi connectivity index (χ1) is 7.58. The van der Waals surface area contributed by atoms with Crippen molar-refractivity contribution in [3.8, 4) is 0 Å². The van der Waals surface area contributed by atoms with Gasteiger partial charge in [-0.3, -0.25) is 4.79 Å². The number of amides is 1. The number of hydrogen-bond donors (Lipinski definition) is 1. The number of piperazine rings is 1. The van der Waals surface area contributed by atoms with E-state index in [1.54, 1.807) is 0 Å². The average Bonchev–Trinajstić information content (AvgIpc) is 2.57. The lowest BCUT2D eigenvalue weighted by Gasteiger charge is -2.31. The number of furan rings is 1. The van der Waals surface area contributed by atoms with Gasteiger partial charge < -0.3 is 14.6 Å². The molecule has 0 aromatic carbocycles. The predicted octanol–water partition coefficient (Wildman–Crippen LogP) is 1.33. The van der Waals surface area contributed by atoms with Crippen molar-refractivity contribution in [2.45, 2.75) is 26.8 Å². The molecule has 88 valence electrons. The van der Waals surface area contributed by atoms with Gasteiger partial charge in [-0.2, -0.15) is 0 Å². The lowest BCUT2D eigenvalue weighted by atomic mass is 10.1. The zero-order valence-electron chi connectivity index (χ0n) is 10.0. The second-order valence-corrected chi connectivity index (χ2v) is 4.43. The van der Waals surface area contributed by atoms with Crippen LogP contribution in [-0.2, 0) is 0 Å². The van der Waals surface area contributed by atoms with Gasteiger partial charge in [0.25, 0.3) is 5.91 Å². The average molecular weight is 222 g/mol. The zero-order valence-corrected chi connectivity index (χ0v) is 10.0. The Morgan fingerprint density at radius 1 is 1.56 bits per heavy atom. The van der Waals surface area contributed by atoms with Gasteiger partial charge in [0.05, 0.1) is 5.56 Å². The largest absolute Gasteiger partial charge is 0.466 e. The van der Waals surface area contributed by atoms with Crippen LogP contribution in [0.2, 0.25) is 0 Å². The summed E-state index contributed by atoms with van der Waals surface area (Å²) in [5.74, 6) is 1.60. The molecular formula is C12H18N2O2. The summed E-state index contributed by atoms with van der Waals surface area (Å²) in [6.07, 6.45) is 0. The predicted molar refractivity (Wildman–Crippen MR) is 61.6 cm³/mol. The number of nitrogens with one attached hydrogen (secondary N) is 1. The van der Waals surface area contributed by atoms with Gasteiger partial charge >= 0.3 is 0 Å². The molecular weight excluding hydrogens is 204 g/mol. The van der Waals surface area contributed by atoms with E-state index in [-0.39, 0.29) is 5.91 Å². The Bertz CT molecular complexity index is 398. The molecule has 1 amide bonds. The lowest BCUT2D eigenvalue weighted by Crippen LogP contribution is -2.51. The molecule has 0 radical (unpaired) electrons. The van der Waals surface area contributed by atoms with Crippen molar-refractivity contribution in [2.24, 2.45) is 0 Å². The molecule has 0 unspecified atom stereocenters. The quantitative estimate of drug-likeness (QED) is 0.779. The van der Waals surface area contributed by atoms with Crippen molar-refractivity contribution in [1.29, 1.82) is 0 Å². The standard InChI is InChI=1S/C12H18N2O2/c1-8-7-14(5-4-13-8)12(15)11-6-9(2)16-10(11)3/h6,8,13H,4-5,7H2,1-3H3/t8-/m0/s1. The third-order valence-corrected chi connectivity index (χ3v) is 2.93. The van der Waals surface area contributed by atoms with Gasteiger partial charge in [-0.25, -0.2) is 0 Å². The minimum atomic E-state index is 0.0858. The molecule has 1 aromatic rings. The van der Waals surface area contributed by atoms with Crippen LogP contribution < -0.4 is 5.32 Å². The second kappa shape index (κ2) is 4.29. The fourth-order valence-electron chi connectivity index (χ4n) is 2.13. The van der Waals surface area contributed by atoms with Gasteiger partial charge in [-0.15, -0.1) is 0 Å². The maximum Gasteiger partial charge on any atom is 0.257 e. The summed E-state index contributed by atoms with van der Waals surface area (Å²) >= 11 is 0. The Hall–Kier alpha value is -1.29. The number of nitrogens with zero attached hydrogens (tertiary/aromatic N) is 1. The molecule has 1 aliphatic rings. The maximum atomic E-state index is 12.2. The topological polar surface area (TPSA) is 45.5 Å². The van der Waals surface area contributed by atoms with E-state index in [1.165, 1.54) is 0 Å². The summed E-state index contributed by atoms with van der Waals surface area (Å²) in [7, 11) is 0. The SMILES string of the molecule is Cc1cc(C(=O)N2CCN[C@@H](C)C2)c(C)o1. The zero-order chi connectivity index (χ0) is 11.7. The van der Waals surface area contributed by atoms with Crippen LogP contribution in [0.3, 0.4) is 0 Å². The molecule has 0 saturated carbocycles. The maximum absolute atomic E-state index is 12.2. The molecule has 4 heteroatoms. The van der Waals surface area contributed by atoms with E-state index in [4.69, 9.17) is 4.42 Å². The number of carbonyl (C=O) groups is 1. The lowest BCUT2D eigenvalue weighted by molar-refractivity contribution is 0.0707. The molecule has 1 aromatic heterocycles.